The summed E-state index contributed by atoms with van der Waals surface area (Å²) in [7, 11) is -3.07. The summed E-state index contributed by atoms with van der Waals surface area (Å²) in [4.78, 5) is 0. The van der Waals surface area contributed by atoms with Crippen LogP contribution in [0.25, 0.3) is 0 Å². The van der Waals surface area contributed by atoms with Gasteiger partial charge in [0.2, 0.25) is 11.6 Å². The summed E-state index contributed by atoms with van der Waals surface area (Å²) in [6.45, 7) is 20.6. The van der Waals surface area contributed by atoms with Gasteiger partial charge in [-0.3, -0.25) is 0 Å². The van der Waals surface area contributed by atoms with Crippen molar-refractivity contribution in [3.05, 3.63) is 71.3 Å². The molecule has 2 aromatic carbocycles. The molecule has 78 heavy (non-hydrogen) atoms. The quantitative estimate of drug-likeness (QED) is 0.0316. The third-order valence-electron chi connectivity index (χ3n) is 19.1. The van der Waals surface area contributed by atoms with Crippen molar-refractivity contribution in [2.45, 2.75) is 289 Å². The number of unbranched alkanes of at least 4 members (excludes halogenated alkanes) is 11. The van der Waals surface area contributed by atoms with Gasteiger partial charge < -0.3 is 13.6 Å². The molecule has 0 N–H and O–H groups in total. The zero-order chi connectivity index (χ0) is 56.6. The van der Waals surface area contributed by atoms with E-state index in [1.807, 2.05) is 6.08 Å². The smallest absolute Gasteiger partial charge is 0.201 e. The third kappa shape index (κ3) is 21.2. The molecule has 0 atom stereocenters. The number of halogens is 6. The van der Waals surface area contributed by atoms with Crippen LogP contribution in [0.2, 0.25) is 38.3 Å². The Hall–Kier alpha value is -2.25. The van der Waals surface area contributed by atoms with Crippen LogP contribution in [-0.4, -0.2) is 29.8 Å². The van der Waals surface area contributed by atoms with Crippen LogP contribution in [0.1, 0.15) is 250 Å². The van der Waals surface area contributed by atoms with Gasteiger partial charge in [0.15, 0.2) is 39.8 Å². The zero-order valence-corrected chi connectivity index (χ0v) is 52.4. The van der Waals surface area contributed by atoms with Gasteiger partial charge in [0.05, 0.1) is 13.2 Å². The molecule has 11 heteroatoms. The lowest BCUT2D eigenvalue weighted by Crippen LogP contribution is -2.44. The van der Waals surface area contributed by atoms with Gasteiger partial charge in [0, 0.05) is 11.1 Å². The zero-order valence-electron chi connectivity index (χ0n) is 50.4. The van der Waals surface area contributed by atoms with Crippen LogP contribution in [0.5, 0.6) is 11.5 Å². The number of ether oxygens (including phenoxy) is 2. The number of benzene rings is 2. The molecule has 6 rings (SSSR count). The molecule has 0 saturated heterocycles. The van der Waals surface area contributed by atoms with E-state index in [2.05, 4.69) is 53.5 Å². The van der Waals surface area contributed by atoms with Crippen molar-refractivity contribution in [3.63, 3.8) is 0 Å². The van der Waals surface area contributed by atoms with Crippen molar-refractivity contribution in [3.8, 4) is 11.5 Å². The van der Waals surface area contributed by atoms with Gasteiger partial charge >= 0.3 is 0 Å². The van der Waals surface area contributed by atoms with E-state index in [1.165, 1.54) is 146 Å². The van der Waals surface area contributed by atoms with E-state index in [-0.39, 0.29) is 48.3 Å². The average molecular weight is 1130 g/mol. The molecule has 2 aromatic rings. The molecular formula is C67H110F6O3Si2. The van der Waals surface area contributed by atoms with Crippen LogP contribution in [0.15, 0.2) is 36.9 Å². The first-order valence-electron chi connectivity index (χ1n) is 32.3. The molecular weight excluding hydrogens is 1020 g/mol. The Kier molecular flexibility index (Phi) is 28.8. The first-order chi connectivity index (χ1) is 37.4. The molecule has 0 amide bonds. The molecule has 446 valence electrons. The lowest BCUT2D eigenvalue weighted by atomic mass is 9.67. The molecule has 4 saturated carbocycles. The number of rotatable bonds is 32. The van der Waals surface area contributed by atoms with E-state index in [0.29, 0.717) is 36.9 Å². The Labute approximate surface area is 474 Å². The predicted octanol–water partition coefficient (Wildman–Crippen LogP) is 22.7. The van der Waals surface area contributed by atoms with Crippen molar-refractivity contribution in [2.75, 3.05) is 13.2 Å². The van der Waals surface area contributed by atoms with E-state index in [9.17, 15) is 13.2 Å². The molecule has 0 aliphatic heterocycles. The standard InChI is InChI=1S/C37H65F3O2Si2.C30H45F3O/c1-7-16-30-17-19-31(20-18-30)32-23-25-37(40,26-24-32)33-21-22-34(36(39)35(33)38)41-27-14-12-10-9-11-13-15-29-44(5,6)42-43(3,4)28-8-2;1-3-5-6-7-8-9-10-22-34-27-17-16-26(28(31)29(27)32)30(33)20-18-25(19-21-30)24-14-12-23(11-4-2)13-15-24/h21-22,30-32H,7-20,23-29H2,1-6H3;3,16-17,23-25H,1,4-15,18-22H2,2H3. The van der Waals surface area contributed by atoms with Crippen LogP contribution in [0.3, 0.4) is 0 Å². The second kappa shape index (κ2) is 33.8. The van der Waals surface area contributed by atoms with Gasteiger partial charge in [-0.2, -0.15) is 8.78 Å². The van der Waals surface area contributed by atoms with E-state index in [1.54, 1.807) is 0 Å². The molecule has 0 heterocycles. The lowest BCUT2D eigenvalue weighted by molar-refractivity contribution is 0.0485. The first kappa shape index (κ1) is 66.6. The van der Waals surface area contributed by atoms with Crippen molar-refractivity contribution >= 4 is 16.6 Å². The van der Waals surface area contributed by atoms with Crippen LogP contribution >= 0.6 is 0 Å². The molecule has 4 fully saturated rings. The van der Waals surface area contributed by atoms with Crippen LogP contribution in [-0.2, 0) is 15.5 Å². The topological polar surface area (TPSA) is 27.7 Å². The number of allylic oxidation sites excluding steroid dienone is 1. The highest BCUT2D eigenvalue weighted by Gasteiger charge is 2.44. The maximum atomic E-state index is 16.0. The first-order valence-corrected chi connectivity index (χ1v) is 38.5. The number of hydrogen-bond donors (Lipinski definition) is 0. The monoisotopic (exact) mass is 1130 g/mol. The van der Waals surface area contributed by atoms with Crippen LogP contribution < -0.4 is 9.47 Å². The van der Waals surface area contributed by atoms with Gasteiger partial charge in [-0.25, -0.2) is 17.6 Å². The normalized spacial score (nSPS) is 26.0. The molecule has 0 aromatic heterocycles. The summed E-state index contributed by atoms with van der Waals surface area (Å²) >= 11 is 0. The Balaban J connectivity index is 0.000000297. The molecule has 4 aliphatic carbocycles. The van der Waals surface area contributed by atoms with Gasteiger partial charge in [0.1, 0.15) is 11.3 Å². The fourth-order valence-electron chi connectivity index (χ4n) is 14.6. The summed E-state index contributed by atoms with van der Waals surface area (Å²) in [6, 6.07) is 8.20. The van der Waals surface area contributed by atoms with Crippen LogP contribution in [0.4, 0.5) is 26.3 Å². The van der Waals surface area contributed by atoms with Gasteiger partial charge in [-0.05, 0) is 201 Å². The fraction of sp³-hybridized carbons (Fsp3) is 0.791. The molecule has 0 unspecified atom stereocenters. The third-order valence-corrected chi connectivity index (χ3v) is 26.8. The van der Waals surface area contributed by atoms with Crippen molar-refractivity contribution in [1.82, 2.24) is 0 Å². The summed E-state index contributed by atoms with van der Waals surface area (Å²) < 4.78 is 109. The minimum atomic E-state index is -1.78. The highest BCUT2D eigenvalue weighted by Crippen LogP contribution is 2.51. The molecule has 3 nitrogen and oxygen atoms in total. The maximum absolute atomic E-state index is 16.0. The predicted molar refractivity (Wildman–Crippen MR) is 320 cm³/mol. The Morgan fingerprint density at radius 1 is 0.462 bits per heavy atom. The summed E-state index contributed by atoms with van der Waals surface area (Å²) in [5, 5.41) is 0. The van der Waals surface area contributed by atoms with E-state index < -0.39 is 51.2 Å². The SMILES string of the molecule is C=CCCCCCCCOc1ccc(C2(F)CCC(C3CCC(CCC)CC3)CC2)c(F)c1F.CCCC1CCC(C2CCC(F)(c3ccc(OCCCCCCCCC[Si](C)(C)O[Si](C)(C)CCC)c(F)c3F)CC2)CC1. The molecule has 0 radical (unpaired) electrons. The van der Waals surface area contributed by atoms with E-state index >= 15 is 13.2 Å². The minimum Gasteiger partial charge on any atom is -0.490 e. The Morgan fingerprint density at radius 2 is 0.821 bits per heavy atom. The van der Waals surface area contributed by atoms with Gasteiger partial charge in [-0.1, -0.05) is 142 Å². The summed E-state index contributed by atoms with van der Waals surface area (Å²) in [6.07, 6.45) is 36.8. The van der Waals surface area contributed by atoms with Crippen molar-refractivity contribution in [2.24, 2.45) is 35.5 Å². The van der Waals surface area contributed by atoms with Crippen LogP contribution in [0, 0.1) is 58.8 Å². The highest BCUT2D eigenvalue weighted by molar-refractivity contribution is 6.84. The van der Waals surface area contributed by atoms with Crippen molar-refractivity contribution in [1.29, 1.82) is 0 Å². The van der Waals surface area contributed by atoms with E-state index in [4.69, 9.17) is 13.6 Å². The summed E-state index contributed by atoms with van der Waals surface area (Å²) in [5.74, 6) is -0.269. The number of alkyl halides is 2. The second-order valence-electron chi connectivity index (χ2n) is 26.4. The fourth-order valence-corrected chi connectivity index (χ4v) is 23.7. The van der Waals surface area contributed by atoms with Gasteiger partial charge in [0.25, 0.3) is 0 Å². The van der Waals surface area contributed by atoms with E-state index in [0.717, 1.165) is 95.3 Å². The maximum Gasteiger partial charge on any atom is 0.201 e. The molecule has 0 spiro atoms. The van der Waals surface area contributed by atoms with Gasteiger partial charge in [-0.15, -0.1) is 6.58 Å². The summed E-state index contributed by atoms with van der Waals surface area (Å²) in [5.41, 5.74) is -3.79. The number of hydrogen-bond acceptors (Lipinski definition) is 3. The van der Waals surface area contributed by atoms with Crippen molar-refractivity contribution < 1.29 is 39.9 Å². The molecule has 4 aliphatic rings. The second-order valence-corrected chi connectivity index (χ2v) is 35.2. The Morgan fingerprint density at radius 3 is 1.21 bits per heavy atom. The Bertz CT molecular complexity index is 2000. The largest absolute Gasteiger partial charge is 0.490 e. The highest BCUT2D eigenvalue weighted by atomic mass is 28.4. The molecule has 0 bridgehead atoms. The minimum absolute atomic E-state index is 0.0912. The lowest BCUT2D eigenvalue weighted by Gasteiger charge is -2.40. The average Bonchev–Trinajstić information content (AvgIpc) is 3.47.